The normalized spacial score (nSPS) is 14.0. The number of aliphatic imine (C=N–C) groups is 1. The lowest BCUT2D eigenvalue weighted by Gasteiger charge is -2.30. The third kappa shape index (κ3) is 3.79. The first-order valence-electron chi connectivity index (χ1n) is 10.9. The zero-order valence-corrected chi connectivity index (χ0v) is 17.8. The average molecular weight is 406 g/mol. The molecule has 0 aliphatic heterocycles. The Kier molecular flexibility index (Phi) is 5.17. The van der Waals surface area contributed by atoms with E-state index in [1.807, 2.05) is 13.1 Å². The van der Waals surface area contributed by atoms with Crippen molar-refractivity contribution in [2.45, 2.75) is 25.3 Å². The molecule has 5 rings (SSSR count). The Hall–Kier alpha value is -3.59. The molecule has 154 valence electrons. The van der Waals surface area contributed by atoms with Crippen LogP contribution in [-0.2, 0) is 19.3 Å². The maximum Gasteiger partial charge on any atom is 0.196 e. The molecular formula is C28H27N3. The van der Waals surface area contributed by atoms with Crippen LogP contribution in [0, 0.1) is 0 Å². The first-order valence-corrected chi connectivity index (χ1v) is 10.9. The number of guanidine groups is 1. The molecule has 0 saturated carbocycles. The van der Waals surface area contributed by atoms with Gasteiger partial charge in [0.05, 0.1) is 11.7 Å². The predicted octanol–water partition coefficient (Wildman–Crippen LogP) is 5.80. The Labute approximate surface area is 183 Å². The van der Waals surface area contributed by atoms with Crippen molar-refractivity contribution >= 4 is 22.4 Å². The zero-order chi connectivity index (χ0) is 21.2. The Morgan fingerprint density at radius 2 is 1.52 bits per heavy atom. The highest BCUT2D eigenvalue weighted by Crippen LogP contribution is 2.36. The second-order valence-corrected chi connectivity index (χ2v) is 8.28. The molecule has 0 aromatic heterocycles. The Morgan fingerprint density at radius 1 is 0.839 bits per heavy atom. The van der Waals surface area contributed by atoms with Gasteiger partial charge < -0.3 is 10.6 Å². The van der Waals surface area contributed by atoms with Crippen LogP contribution >= 0.6 is 0 Å². The molecule has 1 unspecified atom stereocenters. The number of aryl methyl sites for hydroxylation is 2. The largest absolute Gasteiger partial charge is 0.369 e. The monoisotopic (exact) mass is 405 g/mol. The van der Waals surface area contributed by atoms with Crippen LogP contribution in [0.5, 0.6) is 0 Å². The number of hydrogen-bond donors (Lipinski definition) is 1. The number of likely N-dealkylation sites (N-methyl/N-ethyl adjacent to an activating group) is 1. The van der Waals surface area contributed by atoms with Crippen molar-refractivity contribution in [1.82, 2.24) is 4.90 Å². The molecule has 4 aromatic rings. The van der Waals surface area contributed by atoms with Gasteiger partial charge in [-0.3, -0.25) is 0 Å². The molecule has 0 radical (unpaired) electrons. The molecule has 2 N–H and O–H groups in total. The fourth-order valence-corrected chi connectivity index (χ4v) is 4.68. The van der Waals surface area contributed by atoms with Gasteiger partial charge in [-0.1, -0.05) is 84.9 Å². The summed E-state index contributed by atoms with van der Waals surface area (Å²) in [5, 5.41) is 2.56. The first kappa shape index (κ1) is 19.4. The molecule has 4 aromatic carbocycles. The summed E-state index contributed by atoms with van der Waals surface area (Å²) < 4.78 is 0. The van der Waals surface area contributed by atoms with E-state index in [-0.39, 0.29) is 6.04 Å². The molecule has 1 atom stereocenters. The molecule has 0 fully saturated rings. The zero-order valence-electron chi connectivity index (χ0n) is 17.8. The summed E-state index contributed by atoms with van der Waals surface area (Å²) in [7, 11) is 2.04. The van der Waals surface area contributed by atoms with Crippen LogP contribution in [0.2, 0.25) is 0 Å². The van der Waals surface area contributed by atoms with Gasteiger partial charge in [-0.25, -0.2) is 4.99 Å². The molecule has 3 nitrogen and oxygen atoms in total. The second kappa shape index (κ2) is 8.27. The topological polar surface area (TPSA) is 41.6 Å². The first-order chi connectivity index (χ1) is 15.2. The van der Waals surface area contributed by atoms with E-state index in [4.69, 9.17) is 10.7 Å². The smallest absolute Gasteiger partial charge is 0.196 e. The van der Waals surface area contributed by atoms with Gasteiger partial charge in [0.2, 0.25) is 0 Å². The molecule has 0 saturated heterocycles. The van der Waals surface area contributed by atoms with Crippen molar-refractivity contribution in [1.29, 1.82) is 0 Å². The standard InChI is InChI=1S/C28H27N3/c1-31(26(21-11-6-3-7-12-21)19-20-9-4-2-5-10-20)28(29)30-25-18-17-23-16-15-22-13-8-14-24(25)27(22)23/h2-14,17-18,26H,15-16,19H2,1H3,(H2,29,30). The average Bonchev–Trinajstić information content (AvgIpc) is 3.25. The van der Waals surface area contributed by atoms with Crippen LogP contribution in [0.3, 0.4) is 0 Å². The maximum atomic E-state index is 6.60. The van der Waals surface area contributed by atoms with Crippen LogP contribution in [0.25, 0.3) is 10.8 Å². The van der Waals surface area contributed by atoms with Crippen molar-refractivity contribution < 1.29 is 0 Å². The minimum Gasteiger partial charge on any atom is -0.369 e. The fraction of sp³-hybridized carbons (Fsp3) is 0.179. The summed E-state index contributed by atoms with van der Waals surface area (Å²) in [5.74, 6) is 0.531. The highest BCUT2D eigenvalue weighted by atomic mass is 15.3. The minimum atomic E-state index is 0.101. The highest BCUT2D eigenvalue weighted by molar-refractivity contribution is 6.00. The van der Waals surface area contributed by atoms with Gasteiger partial charge in [-0.05, 0) is 53.0 Å². The summed E-state index contributed by atoms with van der Waals surface area (Å²) in [4.78, 5) is 7.01. The third-order valence-electron chi connectivity index (χ3n) is 6.37. The molecule has 3 heteroatoms. The van der Waals surface area contributed by atoms with Crippen molar-refractivity contribution in [3.8, 4) is 0 Å². The molecule has 1 aliphatic carbocycles. The SMILES string of the molecule is CN(C(N)=Nc1ccc2c3c(cccc13)CC2)C(Cc1ccccc1)c1ccccc1. The van der Waals surface area contributed by atoms with Crippen LogP contribution in [0.15, 0.2) is 96.0 Å². The van der Waals surface area contributed by atoms with Gasteiger partial charge in [0.1, 0.15) is 0 Å². The molecule has 0 bridgehead atoms. The van der Waals surface area contributed by atoms with Crippen LogP contribution in [-0.4, -0.2) is 17.9 Å². The van der Waals surface area contributed by atoms with E-state index in [2.05, 4.69) is 89.8 Å². The summed E-state index contributed by atoms with van der Waals surface area (Å²) in [6, 6.07) is 32.0. The number of benzene rings is 4. The van der Waals surface area contributed by atoms with E-state index in [9.17, 15) is 0 Å². The molecule has 0 heterocycles. The second-order valence-electron chi connectivity index (χ2n) is 8.28. The van der Waals surface area contributed by atoms with Gasteiger partial charge in [-0.2, -0.15) is 0 Å². The van der Waals surface area contributed by atoms with Crippen LogP contribution in [0.4, 0.5) is 5.69 Å². The van der Waals surface area contributed by atoms with E-state index < -0.39 is 0 Å². The van der Waals surface area contributed by atoms with E-state index in [1.165, 1.54) is 33.0 Å². The Bertz CT molecular complexity index is 1220. The van der Waals surface area contributed by atoms with Crippen LogP contribution in [0.1, 0.15) is 28.3 Å². The van der Waals surface area contributed by atoms with Gasteiger partial charge in [0.25, 0.3) is 0 Å². The number of rotatable bonds is 5. The van der Waals surface area contributed by atoms with E-state index >= 15 is 0 Å². The highest BCUT2D eigenvalue weighted by Gasteiger charge is 2.20. The quantitative estimate of drug-likeness (QED) is 0.337. The van der Waals surface area contributed by atoms with E-state index in [0.717, 1.165) is 24.9 Å². The molecule has 1 aliphatic rings. The number of hydrogen-bond acceptors (Lipinski definition) is 1. The lowest BCUT2D eigenvalue weighted by atomic mass is 9.98. The van der Waals surface area contributed by atoms with Crippen LogP contribution < -0.4 is 5.73 Å². The lowest BCUT2D eigenvalue weighted by molar-refractivity contribution is 0.368. The minimum absolute atomic E-state index is 0.101. The molecule has 0 amide bonds. The van der Waals surface area contributed by atoms with Gasteiger partial charge in [0.15, 0.2) is 5.96 Å². The molecule has 0 spiro atoms. The van der Waals surface area contributed by atoms with E-state index in [1.54, 1.807) is 0 Å². The number of nitrogens with zero attached hydrogens (tertiary/aromatic N) is 2. The van der Waals surface area contributed by atoms with Gasteiger partial charge in [0, 0.05) is 12.4 Å². The summed E-state index contributed by atoms with van der Waals surface area (Å²) >= 11 is 0. The van der Waals surface area contributed by atoms with E-state index in [0.29, 0.717) is 5.96 Å². The predicted molar refractivity (Wildman–Crippen MR) is 130 cm³/mol. The summed E-state index contributed by atoms with van der Waals surface area (Å²) in [6.07, 6.45) is 3.09. The number of nitrogens with two attached hydrogens (primary N) is 1. The maximum absolute atomic E-state index is 6.60. The van der Waals surface area contributed by atoms with Gasteiger partial charge >= 0.3 is 0 Å². The van der Waals surface area contributed by atoms with Crippen molar-refractivity contribution in [3.63, 3.8) is 0 Å². The summed E-state index contributed by atoms with van der Waals surface area (Å²) in [5.41, 5.74) is 12.9. The lowest BCUT2D eigenvalue weighted by Crippen LogP contribution is -2.37. The molecular weight excluding hydrogens is 378 g/mol. The summed E-state index contributed by atoms with van der Waals surface area (Å²) in [6.45, 7) is 0. The van der Waals surface area contributed by atoms with Crippen molar-refractivity contribution in [2.24, 2.45) is 10.7 Å². The Morgan fingerprint density at radius 3 is 2.26 bits per heavy atom. The van der Waals surface area contributed by atoms with Gasteiger partial charge in [-0.15, -0.1) is 0 Å². The fourth-order valence-electron chi connectivity index (χ4n) is 4.68. The Balaban J connectivity index is 1.52. The molecule has 31 heavy (non-hydrogen) atoms. The third-order valence-corrected chi connectivity index (χ3v) is 6.37. The van der Waals surface area contributed by atoms with Crippen molar-refractivity contribution in [2.75, 3.05) is 7.05 Å². The van der Waals surface area contributed by atoms with Crippen molar-refractivity contribution in [3.05, 3.63) is 113 Å².